The van der Waals surface area contributed by atoms with Gasteiger partial charge in [0.1, 0.15) is 18.1 Å². The highest BCUT2D eigenvalue weighted by molar-refractivity contribution is 5.80. The summed E-state index contributed by atoms with van der Waals surface area (Å²) in [5.41, 5.74) is 12.1. The minimum atomic E-state index is -1.14. The van der Waals surface area contributed by atoms with Gasteiger partial charge >= 0.3 is 0 Å². The normalized spacial score (nSPS) is 34.4. The fourth-order valence-corrected chi connectivity index (χ4v) is 6.03. The third kappa shape index (κ3) is 6.72. The molecule has 3 aliphatic heterocycles. The van der Waals surface area contributed by atoms with E-state index in [9.17, 15) is 14.0 Å². The third-order valence-electron chi connectivity index (χ3n) is 8.10. The van der Waals surface area contributed by atoms with Gasteiger partial charge in [-0.05, 0) is 58.5 Å². The Morgan fingerprint density at radius 2 is 1.74 bits per heavy atom. The minimum Gasteiger partial charge on any atom is -0.350 e. The number of piperidine rings is 2. The van der Waals surface area contributed by atoms with Crippen molar-refractivity contribution in [2.75, 3.05) is 39.3 Å². The van der Waals surface area contributed by atoms with E-state index in [1.54, 1.807) is 6.92 Å². The lowest BCUT2D eigenvalue weighted by molar-refractivity contribution is -0.130. The first kappa shape index (κ1) is 27.4. The van der Waals surface area contributed by atoms with E-state index in [2.05, 4.69) is 22.5 Å². The van der Waals surface area contributed by atoms with Crippen LogP contribution in [-0.4, -0.2) is 97.4 Å². The molecule has 0 radical (unpaired) electrons. The molecular weight excluding hydrogens is 442 g/mol. The minimum absolute atomic E-state index is 0.0277. The molecule has 3 rings (SSSR count). The fourth-order valence-electron chi connectivity index (χ4n) is 6.03. The Labute approximate surface area is 202 Å². The molecule has 0 bridgehead atoms. The van der Waals surface area contributed by atoms with E-state index in [4.69, 9.17) is 11.5 Å². The maximum Gasteiger partial charge on any atom is 0.227 e. The smallest absolute Gasteiger partial charge is 0.227 e. The van der Waals surface area contributed by atoms with Crippen LogP contribution in [0.1, 0.15) is 46.5 Å². The molecule has 3 aliphatic rings. The summed E-state index contributed by atoms with van der Waals surface area (Å²) in [6.45, 7) is 8.44. The SMILES string of the molecule is CC(=O)C1CCN(C2C(F)CNCC2NC(=O)C(C(N)N)C(C)N2CC(C)CCC(F)C2)CC1. The van der Waals surface area contributed by atoms with Crippen LogP contribution >= 0.6 is 0 Å². The summed E-state index contributed by atoms with van der Waals surface area (Å²) in [5, 5.41) is 6.11. The van der Waals surface area contributed by atoms with Crippen molar-refractivity contribution in [1.29, 1.82) is 0 Å². The number of nitrogens with zero attached hydrogens (tertiary/aromatic N) is 2. The Morgan fingerprint density at radius 3 is 2.35 bits per heavy atom. The number of rotatable bonds is 7. The lowest BCUT2D eigenvalue weighted by Gasteiger charge is -2.45. The lowest BCUT2D eigenvalue weighted by Crippen LogP contribution is -2.67. The number of halogens is 2. The summed E-state index contributed by atoms with van der Waals surface area (Å²) in [4.78, 5) is 29.3. The van der Waals surface area contributed by atoms with Crippen molar-refractivity contribution >= 4 is 11.7 Å². The number of likely N-dealkylation sites (tertiary alicyclic amines) is 2. The highest BCUT2D eigenvalue weighted by Gasteiger charge is 2.42. The zero-order valence-electron chi connectivity index (χ0n) is 20.9. The topological polar surface area (TPSA) is 117 Å². The van der Waals surface area contributed by atoms with E-state index in [0.717, 1.165) is 6.42 Å². The number of hydrogen-bond acceptors (Lipinski definition) is 7. The molecule has 34 heavy (non-hydrogen) atoms. The van der Waals surface area contributed by atoms with Gasteiger partial charge in [-0.3, -0.25) is 19.4 Å². The van der Waals surface area contributed by atoms with Gasteiger partial charge in [0.2, 0.25) is 5.91 Å². The summed E-state index contributed by atoms with van der Waals surface area (Å²) in [6.07, 6.45) is -0.271. The van der Waals surface area contributed by atoms with Crippen LogP contribution in [0, 0.1) is 17.8 Å². The number of nitrogens with one attached hydrogen (secondary N) is 2. The molecule has 196 valence electrons. The van der Waals surface area contributed by atoms with Crippen molar-refractivity contribution in [1.82, 2.24) is 20.4 Å². The van der Waals surface area contributed by atoms with Crippen LogP contribution in [0.15, 0.2) is 0 Å². The number of Topliss-reactive ketones (excluding diaryl/α,β-unsaturated/α-hetero) is 1. The van der Waals surface area contributed by atoms with E-state index in [0.29, 0.717) is 51.4 Å². The Morgan fingerprint density at radius 1 is 1.06 bits per heavy atom. The molecule has 0 aromatic rings. The van der Waals surface area contributed by atoms with Crippen molar-refractivity contribution in [3.63, 3.8) is 0 Å². The second-order valence-electron chi connectivity index (χ2n) is 10.8. The second-order valence-corrected chi connectivity index (χ2v) is 10.8. The first-order chi connectivity index (χ1) is 16.1. The van der Waals surface area contributed by atoms with Crippen molar-refractivity contribution in [2.24, 2.45) is 29.2 Å². The van der Waals surface area contributed by atoms with Gasteiger partial charge in [-0.2, -0.15) is 0 Å². The Kier molecular flexibility index (Phi) is 9.80. The molecule has 3 fully saturated rings. The van der Waals surface area contributed by atoms with Crippen molar-refractivity contribution in [3.05, 3.63) is 0 Å². The van der Waals surface area contributed by atoms with Crippen molar-refractivity contribution in [2.45, 2.75) is 83.1 Å². The van der Waals surface area contributed by atoms with Gasteiger partial charge in [0.15, 0.2) is 0 Å². The van der Waals surface area contributed by atoms with Crippen LogP contribution in [-0.2, 0) is 9.59 Å². The molecule has 6 N–H and O–H groups in total. The van der Waals surface area contributed by atoms with Crippen LogP contribution in [0.25, 0.3) is 0 Å². The molecule has 0 aliphatic carbocycles. The molecule has 0 spiro atoms. The van der Waals surface area contributed by atoms with Gasteiger partial charge in [-0.15, -0.1) is 0 Å². The van der Waals surface area contributed by atoms with Gasteiger partial charge in [0, 0.05) is 38.1 Å². The summed E-state index contributed by atoms with van der Waals surface area (Å²) < 4.78 is 29.5. The predicted molar refractivity (Wildman–Crippen MR) is 128 cm³/mol. The number of nitrogens with two attached hydrogens (primary N) is 2. The van der Waals surface area contributed by atoms with E-state index in [1.165, 1.54) is 0 Å². The molecule has 0 aromatic heterocycles. The number of carbonyl (C=O) groups excluding carboxylic acids is 2. The van der Waals surface area contributed by atoms with Crippen molar-refractivity contribution < 1.29 is 18.4 Å². The van der Waals surface area contributed by atoms with Crippen molar-refractivity contribution in [3.8, 4) is 0 Å². The molecule has 7 atom stereocenters. The van der Waals surface area contributed by atoms with Crippen LogP contribution in [0.2, 0.25) is 0 Å². The zero-order valence-corrected chi connectivity index (χ0v) is 20.9. The van der Waals surface area contributed by atoms with E-state index < -0.39 is 36.5 Å². The van der Waals surface area contributed by atoms with Crippen LogP contribution < -0.4 is 22.1 Å². The van der Waals surface area contributed by atoms with Crippen LogP contribution in [0.4, 0.5) is 8.78 Å². The van der Waals surface area contributed by atoms with Gasteiger partial charge in [-0.25, -0.2) is 8.78 Å². The molecule has 0 aromatic carbocycles. The predicted octanol–water partition coefficient (Wildman–Crippen LogP) is 0.400. The van der Waals surface area contributed by atoms with Gasteiger partial charge in [0.25, 0.3) is 0 Å². The van der Waals surface area contributed by atoms with E-state index >= 15 is 4.39 Å². The second kappa shape index (κ2) is 12.2. The zero-order chi connectivity index (χ0) is 25.0. The number of hydrogen-bond donors (Lipinski definition) is 4. The van der Waals surface area contributed by atoms with Crippen LogP contribution in [0.5, 0.6) is 0 Å². The average molecular weight is 487 g/mol. The monoisotopic (exact) mass is 486 g/mol. The van der Waals surface area contributed by atoms with E-state index in [1.807, 2.05) is 11.8 Å². The largest absolute Gasteiger partial charge is 0.350 e. The lowest BCUT2D eigenvalue weighted by atomic mass is 9.88. The molecular formula is C24H44F2N6O2. The van der Waals surface area contributed by atoms with E-state index in [-0.39, 0.29) is 36.7 Å². The third-order valence-corrected chi connectivity index (χ3v) is 8.10. The molecule has 3 saturated heterocycles. The molecule has 8 nitrogen and oxygen atoms in total. The quantitative estimate of drug-likeness (QED) is 0.385. The molecule has 0 saturated carbocycles. The molecule has 10 heteroatoms. The van der Waals surface area contributed by atoms with Gasteiger partial charge < -0.3 is 22.1 Å². The number of alkyl halides is 2. The van der Waals surface area contributed by atoms with Gasteiger partial charge in [-0.1, -0.05) is 6.92 Å². The number of carbonyl (C=O) groups is 2. The Bertz CT molecular complexity index is 678. The molecule has 7 unspecified atom stereocenters. The maximum absolute atomic E-state index is 15.1. The first-order valence-corrected chi connectivity index (χ1v) is 12.9. The fraction of sp³-hybridized carbons (Fsp3) is 0.917. The number of ketones is 1. The molecule has 3 heterocycles. The van der Waals surface area contributed by atoms with Gasteiger partial charge in [0.05, 0.1) is 24.2 Å². The Hall–Kier alpha value is -1.20. The number of amides is 1. The summed E-state index contributed by atoms with van der Waals surface area (Å²) in [6, 6.07) is -1.27. The summed E-state index contributed by atoms with van der Waals surface area (Å²) in [5.74, 6) is -0.544. The first-order valence-electron chi connectivity index (χ1n) is 12.9. The summed E-state index contributed by atoms with van der Waals surface area (Å²) in [7, 11) is 0. The maximum atomic E-state index is 15.1. The standard InChI is InChI=1S/C24H44F2N6O2/c1-14-4-5-18(25)13-32(12-14)15(2)21(23(27)28)24(34)30-20-11-29-10-19(26)22(20)31-8-6-17(7-9-31)16(3)33/h14-15,17-23,29H,4-13,27-28H2,1-3H3,(H,30,34). The highest BCUT2D eigenvalue weighted by Crippen LogP contribution is 2.26. The summed E-state index contributed by atoms with van der Waals surface area (Å²) >= 11 is 0. The average Bonchev–Trinajstić information content (AvgIpc) is 2.94. The van der Waals surface area contributed by atoms with Crippen LogP contribution in [0.3, 0.4) is 0 Å². The highest BCUT2D eigenvalue weighted by atomic mass is 19.1. The molecule has 1 amide bonds. The Balaban J connectivity index is 1.70.